The zero-order chi connectivity index (χ0) is 16.4. The summed E-state index contributed by atoms with van der Waals surface area (Å²) in [5.41, 5.74) is 7.28. The number of benzene rings is 1. The number of piperidine rings is 1. The lowest BCUT2D eigenvalue weighted by molar-refractivity contribution is 0.0603. The fourth-order valence-corrected chi connectivity index (χ4v) is 2.97. The summed E-state index contributed by atoms with van der Waals surface area (Å²) in [5.74, 6) is -1.17. The van der Waals surface area contributed by atoms with Gasteiger partial charge in [0.05, 0.1) is 18.2 Å². The summed E-state index contributed by atoms with van der Waals surface area (Å²) in [7, 11) is 1.31. The molecule has 2 heterocycles. The van der Waals surface area contributed by atoms with Crippen molar-refractivity contribution in [1.29, 1.82) is 0 Å². The Labute approximate surface area is 134 Å². The summed E-state index contributed by atoms with van der Waals surface area (Å²) in [6.07, 6.45) is 3.59. The summed E-state index contributed by atoms with van der Waals surface area (Å²) in [6, 6.07) is 7.12. The lowest BCUT2D eigenvalue weighted by Gasteiger charge is -2.29. The number of nitrogens with two attached hydrogens (primary N) is 1. The molecule has 6 nitrogen and oxygen atoms in total. The highest BCUT2D eigenvalue weighted by molar-refractivity contribution is 6.07. The molecule has 1 fully saturated rings. The number of fused-ring (bicyclic) bond motifs is 1. The predicted octanol–water partition coefficient (Wildman–Crippen LogP) is 2.11. The smallest absolute Gasteiger partial charge is 0.338 e. The monoisotopic (exact) mass is 313 g/mol. The second-order valence-corrected chi connectivity index (χ2v) is 5.66. The molecule has 1 saturated heterocycles. The van der Waals surface area contributed by atoms with E-state index in [0.29, 0.717) is 16.5 Å². The van der Waals surface area contributed by atoms with Crippen LogP contribution in [-0.4, -0.2) is 37.1 Å². The van der Waals surface area contributed by atoms with E-state index in [0.717, 1.165) is 18.8 Å². The molecule has 1 aliphatic rings. The molecule has 0 bridgehead atoms. The Morgan fingerprint density at radius 2 is 1.91 bits per heavy atom. The highest BCUT2D eigenvalue weighted by Crippen LogP contribution is 2.27. The van der Waals surface area contributed by atoms with Crippen LogP contribution in [0.4, 0.5) is 5.69 Å². The van der Waals surface area contributed by atoms with Gasteiger partial charge in [0.1, 0.15) is 5.69 Å². The minimum absolute atomic E-state index is 0.0589. The molecule has 0 radical (unpaired) electrons. The Kier molecular flexibility index (Phi) is 4.14. The molecule has 0 aliphatic carbocycles. The van der Waals surface area contributed by atoms with Gasteiger partial charge in [-0.3, -0.25) is 4.79 Å². The van der Waals surface area contributed by atoms with E-state index in [-0.39, 0.29) is 5.69 Å². The zero-order valence-corrected chi connectivity index (χ0v) is 13.0. The number of aromatic nitrogens is 1. The second-order valence-electron chi connectivity index (χ2n) is 5.66. The highest BCUT2D eigenvalue weighted by atomic mass is 16.5. The topological polar surface area (TPSA) is 85.5 Å². The van der Waals surface area contributed by atoms with Gasteiger partial charge in [-0.15, -0.1) is 0 Å². The van der Waals surface area contributed by atoms with Crippen molar-refractivity contribution in [2.24, 2.45) is 5.73 Å². The molecule has 1 aromatic heterocycles. The molecule has 0 atom stereocenters. The van der Waals surface area contributed by atoms with Crippen molar-refractivity contribution in [3.05, 3.63) is 35.5 Å². The number of hydrogen-bond donors (Lipinski definition) is 1. The van der Waals surface area contributed by atoms with E-state index in [1.807, 2.05) is 18.2 Å². The Bertz CT molecular complexity index is 767. The van der Waals surface area contributed by atoms with Crippen LogP contribution in [0.15, 0.2) is 24.3 Å². The number of esters is 1. The Balaban J connectivity index is 2.14. The van der Waals surface area contributed by atoms with Crippen molar-refractivity contribution >= 4 is 28.5 Å². The van der Waals surface area contributed by atoms with Gasteiger partial charge in [0.25, 0.3) is 5.91 Å². The van der Waals surface area contributed by atoms with Crippen molar-refractivity contribution in [3.8, 4) is 0 Å². The Morgan fingerprint density at radius 1 is 1.17 bits per heavy atom. The van der Waals surface area contributed by atoms with E-state index in [1.165, 1.54) is 32.4 Å². The molecule has 3 rings (SSSR count). The number of primary amides is 1. The number of nitrogens with zero attached hydrogens (tertiary/aromatic N) is 2. The summed E-state index contributed by atoms with van der Waals surface area (Å²) in [4.78, 5) is 30.0. The number of hydrogen-bond acceptors (Lipinski definition) is 5. The first-order valence-corrected chi connectivity index (χ1v) is 7.68. The van der Waals surface area contributed by atoms with Crippen LogP contribution in [0.3, 0.4) is 0 Å². The lowest BCUT2D eigenvalue weighted by Crippen LogP contribution is -2.29. The van der Waals surface area contributed by atoms with Crippen molar-refractivity contribution in [2.45, 2.75) is 19.3 Å². The minimum Gasteiger partial charge on any atom is -0.465 e. The fraction of sp³-hybridized carbons (Fsp3) is 0.353. The van der Waals surface area contributed by atoms with Crippen LogP contribution in [0.5, 0.6) is 0 Å². The molecule has 0 unspecified atom stereocenters. The van der Waals surface area contributed by atoms with Gasteiger partial charge in [-0.1, -0.05) is 0 Å². The molecule has 0 spiro atoms. The van der Waals surface area contributed by atoms with Crippen LogP contribution in [-0.2, 0) is 4.74 Å². The fourth-order valence-electron chi connectivity index (χ4n) is 2.97. The lowest BCUT2D eigenvalue weighted by atomic mass is 10.0. The number of carbonyl (C=O) groups excluding carboxylic acids is 2. The first kappa shape index (κ1) is 15.3. The molecule has 120 valence electrons. The van der Waals surface area contributed by atoms with Crippen LogP contribution in [0.1, 0.15) is 40.1 Å². The minimum atomic E-state index is -0.669. The van der Waals surface area contributed by atoms with Gasteiger partial charge in [0.15, 0.2) is 0 Å². The van der Waals surface area contributed by atoms with Crippen LogP contribution in [0.2, 0.25) is 0 Å². The van der Waals surface area contributed by atoms with Crippen molar-refractivity contribution in [2.75, 3.05) is 25.1 Å². The maximum atomic E-state index is 12.1. The van der Waals surface area contributed by atoms with Gasteiger partial charge >= 0.3 is 5.97 Å². The number of carbonyl (C=O) groups is 2. The molecule has 0 saturated carbocycles. The second kappa shape index (κ2) is 6.24. The Morgan fingerprint density at radius 3 is 2.57 bits per heavy atom. The third-order valence-corrected chi connectivity index (χ3v) is 4.17. The summed E-state index contributed by atoms with van der Waals surface area (Å²) in [5, 5.41) is 0.671. The first-order chi connectivity index (χ1) is 11.1. The quantitative estimate of drug-likeness (QED) is 0.877. The van der Waals surface area contributed by atoms with E-state index in [4.69, 9.17) is 10.5 Å². The van der Waals surface area contributed by atoms with E-state index in [1.54, 1.807) is 0 Å². The third kappa shape index (κ3) is 2.97. The molecule has 23 heavy (non-hydrogen) atoms. The average molecular weight is 313 g/mol. The van der Waals surface area contributed by atoms with E-state index in [2.05, 4.69) is 9.88 Å². The normalized spacial score (nSPS) is 14.7. The SMILES string of the molecule is COC(=O)c1cc(C(N)=O)nc2ccc(N3CCCCC3)cc12. The standard InChI is InChI=1S/C17H19N3O3/c1-23-17(22)13-10-15(16(18)21)19-14-6-5-11(9-12(13)14)20-7-3-2-4-8-20/h5-6,9-10H,2-4,7-8H2,1H3,(H2,18,21). The highest BCUT2D eigenvalue weighted by Gasteiger charge is 2.18. The van der Waals surface area contributed by atoms with Gasteiger partial charge < -0.3 is 15.4 Å². The summed E-state index contributed by atoms with van der Waals surface area (Å²) >= 11 is 0. The van der Waals surface area contributed by atoms with Crippen LogP contribution >= 0.6 is 0 Å². The van der Waals surface area contributed by atoms with Gasteiger partial charge in [-0.25, -0.2) is 9.78 Å². The zero-order valence-electron chi connectivity index (χ0n) is 13.0. The molecule has 2 aromatic rings. The Hall–Kier alpha value is -2.63. The van der Waals surface area contributed by atoms with Crippen molar-refractivity contribution < 1.29 is 14.3 Å². The maximum Gasteiger partial charge on any atom is 0.338 e. The van der Waals surface area contributed by atoms with E-state index >= 15 is 0 Å². The summed E-state index contributed by atoms with van der Waals surface area (Å²) in [6.45, 7) is 2.01. The maximum absolute atomic E-state index is 12.1. The van der Waals surface area contributed by atoms with Gasteiger partial charge in [-0.05, 0) is 43.5 Å². The van der Waals surface area contributed by atoms with Gasteiger partial charge in [-0.2, -0.15) is 0 Å². The predicted molar refractivity (Wildman–Crippen MR) is 87.7 cm³/mol. The van der Waals surface area contributed by atoms with Crippen molar-refractivity contribution in [1.82, 2.24) is 4.98 Å². The third-order valence-electron chi connectivity index (χ3n) is 4.17. The molecule has 1 aliphatic heterocycles. The average Bonchev–Trinajstić information content (AvgIpc) is 2.60. The van der Waals surface area contributed by atoms with Crippen LogP contribution < -0.4 is 10.6 Å². The number of pyridine rings is 1. The van der Waals surface area contributed by atoms with E-state index < -0.39 is 11.9 Å². The van der Waals surface area contributed by atoms with Crippen molar-refractivity contribution in [3.63, 3.8) is 0 Å². The summed E-state index contributed by atoms with van der Waals surface area (Å²) < 4.78 is 4.83. The van der Waals surface area contributed by atoms with Gasteiger partial charge in [0, 0.05) is 24.2 Å². The molecular weight excluding hydrogens is 294 g/mol. The molecule has 1 aromatic carbocycles. The number of amides is 1. The number of methoxy groups -OCH3 is 1. The molecule has 1 amide bonds. The number of rotatable bonds is 3. The largest absolute Gasteiger partial charge is 0.465 e. The molecular formula is C17H19N3O3. The number of anilines is 1. The molecule has 2 N–H and O–H groups in total. The number of ether oxygens (including phenoxy) is 1. The van der Waals surface area contributed by atoms with Gasteiger partial charge in [0.2, 0.25) is 0 Å². The first-order valence-electron chi connectivity index (χ1n) is 7.68. The van der Waals surface area contributed by atoms with Crippen LogP contribution in [0.25, 0.3) is 10.9 Å². The van der Waals surface area contributed by atoms with E-state index in [9.17, 15) is 9.59 Å². The molecule has 6 heteroatoms. The van der Waals surface area contributed by atoms with Crippen LogP contribution in [0, 0.1) is 0 Å².